The van der Waals surface area contributed by atoms with E-state index in [4.69, 9.17) is 15.9 Å². The Morgan fingerprint density at radius 3 is 1.73 bits per heavy atom. The molecule has 0 atom stereocenters. The fourth-order valence-corrected chi connectivity index (χ4v) is 1.01. The summed E-state index contributed by atoms with van der Waals surface area (Å²) in [6, 6.07) is 3.47. The number of rotatable bonds is 0. The predicted octanol–water partition coefficient (Wildman–Crippen LogP) is -1.44. The smallest absolute Gasteiger partial charge is 0.219 e. The lowest BCUT2D eigenvalue weighted by Gasteiger charge is -1.88. The number of hydrogen-bond acceptors (Lipinski definition) is 7. The van der Waals surface area contributed by atoms with E-state index in [-0.39, 0.29) is 28.2 Å². The zero-order valence-electron chi connectivity index (χ0n) is 7.18. The van der Waals surface area contributed by atoms with Crippen molar-refractivity contribution in [1.29, 1.82) is 15.9 Å². The van der Waals surface area contributed by atoms with Gasteiger partial charge in [-0.2, -0.15) is 20.5 Å². The zero-order chi connectivity index (χ0) is 10.8. The third-order valence-corrected chi connectivity index (χ3v) is 1.61. The summed E-state index contributed by atoms with van der Waals surface area (Å²) < 4.78 is 0. The summed E-state index contributed by atoms with van der Waals surface area (Å²) in [5.41, 5.74) is 0.0865. The van der Waals surface area contributed by atoms with Gasteiger partial charge in [0.25, 0.3) is 0 Å². The van der Waals surface area contributed by atoms with Crippen LogP contribution >= 0.6 is 0 Å². The molecule has 0 spiro atoms. The van der Waals surface area contributed by atoms with Crippen LogP contribution in [0.3, 0.4) is 0 Å². The van der Waals surface area contributed by atoms with E-state index in [9.17, 15) is 0 Å². The molecule has 68 valence electrons. The Kier molecular flexibility index (Phi) is 1.80. The normalized spacial score (nSPS) is 11.5. The lowest BCUT2D eigenvalue weighted by atomic mass is 10.3. The van der Waals surface area contributed by atoms with Crippen molar-refractivity contribution >= 4 is 5.87 Å². The third-order valence-electron chi connectivity index (χ3n) is 1.61. The van der Waals surface area contributed by atoms with E-state index in [1.165, 1.54) is 0 Å². The van der Waals surface area contributed by atoms with Crippen LogP contribution < -0.4 is 11.0 Å². The predicted molar refractivity (Wildman–Crippen MR) is 45.0 cm³/mol. The van der Waals surface area contributed by atoms with Crippen molar-refractivity contribution in [1.82, 2.24) is 9.97 Å². The highest BCUT2D eigenvalue weighted by molar-refractivity contribution is 5.53. The first-order chi connectivity index (χ1) is 7.28. The molecule has 1 N–H and O–H groups in total. The summed E-state index contributed by atoms with van der Waals surface area (Å²) in [7, 11) is 0. The molecule has 1 aliphatic heterocycles. The van der Waals surface area contributed by atoms with Crippen LogP contribution in [0.4, 0.5) is 0 Å². The quantitative estimate of drug-likeness (QED) is 0.509. The van der Waals surface area contributed by atoms with Gasteiger partial charge in [0.1, 0.15) is 12.1 Å². The first-order valence-electron chi connectivity index (χ1n) is 3.74. The minimum atomic E-state index is -0.0959. The summed E-state index contributed by atoms with van der Waals surface area (Å²) >= 11 is 0. The standard InChI is InChI=1S/C8HN7/c9-1-4-5(2-10)13-8-7(12-4)14-6(3-11)15-8/h11H. The minimum Gasteiger partial charge on any atom is -0.255 e. The third kappa shape index (κ3) is 1.25. The highest BCUT2D eigenvalue weighted by atomic mass is 15.1. The van der Waals surface area contributed by atoms with Crippen molar-refractivity contribution in [2.75, 3.05) is 0 Å². The molecule has 2 heterocycles. The van der Waals surface area contributed by atoms with Gasteiger partial charge in [0.15, 0.2) is 11.4 Å². The van der Waals surface area contributed by atoms with Crippen LogP contribution in [-0.2, 0) is 0 Å². The molecule has 1 aliphatic rings. The Labute approximate surface area is 82.9 Å². The molecule has 7 heteroatoms. The second-order valence-electron chi connectivity index (χ2n) is 2.46. The van der Waals surface area contributed by atoms with Crippen LogP contribution in [0.25, 0.3) is 0 Å². The number of fused-ring (bicyclic) bond motifs is 1. The van der Waals surface area contributed by atoms with Gasteiger partial charge in [-0.3, -0.25) is 5.41 Å². The second-order valence-corrected chi connectivity index (χ2v) is 2.46. The van der Waals surface area contributed by atoms with E-state index < -0.39 is 0 Å². The highest BCUT2D eigenvalue weighted by Crippen LogP contribution is 1.96. The molecule has 0 amide bonds. The molecule has 7 nitrogen and oxygen atoms in total. The summed E-state index contributed by atoms with van der Waals surface area (Å²) in [5, 5.41) is 24.1. The summed E-state index contributed by atoms with van der Waals surface area (Å²) in [6.45, 7) is 0. The Balaban J connectivity index is 2.89. The lowest BCUT2D eigenvalue weighted by Crippen LogP contribution is -2.31. The summed E-state index contributed by atoms with van der Waals surface area (Å²) in [4.78, 5) is 15.1. The maximum atomic E-state index is 8.67. The van der Waals surface area contributed by atoms with Gasteiger partial charge < -0.3 is 0 Å². The van der Waals surface area contributed by atoms with Crippen LogP contribution in [0.5, 0.6) is 0 Å². The molecular weight excluding hydrogens is 194 g/mol. The molecule has 15 heavy (non-hydrogen) atoms. The van der Waals surface area contributed by atoms with Gasteiger partial charge in [-0.05, 0) is 0 Å². The molecule has 1 aromatic heterocycles. The Morgan fingerprint density at radius 1 is 0.933 bits per heavy atom. The largest absolute Gasteiger partial charge is 0.255 e. The average molecular weight is 195 g/mol. The summed E-state index contributed by atoms with van der Waals surface area (Å²) in [6.07, 6.45) is 0. The van der Waals surface area contributed by atoms with E-state index in [0.717, 1.165) is 0 Å². The van der Waals surface area contributed by atoms with Crippen LogP contribution in [0.1, 0.15) is 11.4 Å². The monoisotopic (exact) mass is 195 g/mol. The average Bonchev–Trinajstić information content (AvgIpc) is 2.68. The van der Waals surface area contributed by atoms with Crippen molar-refractivity contribution in [3.05, 3.63) is 28.2 Å². The summed E-state index contributed by atoms with van der Waals surface area (Å²) in [5.74, 6) is 2.00. The molecule has 0 saturated carbocycles. The Hall–Kier alpha value is -2.89. The maximum absolute atomic E-state index is 8.67. The van der Waals surface area contributed by atoms with Crippen LogP contribution in [0, 0.1) is 28.1 Å². The van der Waals surface area contributed by atoms with Crippen molar-refractivity contribution in [2.45, 2.75) is 0 Å². The van der Waals surface area contributed by atoms with Gasteiger partial charge in [-0.25, -0.2) is 9.97 Å². The van der Waals surface area contributed by atoms with E-state index >= 15 is 0 Å². The fraction of sp³-hybridized carbons (Fsp3) is 0. The molecule has 2 rings (SSSR count). The van der Waals surface area contributed by atoms with E-state index in [0.29, 0.717) is 0 Å². The molecule has 0 radical (unpaired) electrons. The number of nitrogens with zero attached hydrogens (tertiary/aromatic N) is 6. The van der Waals surface area contributed by atoms with Crippen molar-refractivity contribution in [3.8, 4) is 12.1 Å². The minimum absolute atomic E-state index is 0.0315. The molecule has 0 saturated heterocycles. The number of aromatic nitrogens is 2. The van der Waals surface area contributed by atoms with Crippen molar-refractivity contribution < 1.29 is 0 Å². The number of hydrogen-bond donors (Lipinski definition) is 1. The topological polar surface area (TPSA) is 122 Å². The van der Waals surface area contributed by atoms with Gasteiger partial charge >= 0.3 is 0 Å². The van der Waals surface area contributed by atoms with Gasteiger partial charge in [-0.1, -0.05) is 0 Å². The highest BCUT2D eigenvalue weighted by Gasteiger charge is 2.11. The molecule has 0 aliphatic carbocycles. The Bertz CT molecular complexity index is 639. The maximum Gasteiger partial charge on any atom is 0.219 e. The molecule has 0 fully saturated rings. The molecule has 0 bridgehead atoms. The first-order valence-corrected chi connectivity index (χ1v) is 3.74. The van der Waals surface area contributed by atoms with Crippen molar-refractivity contribution in [3.63, 3.8) is 0 Å². The number of nitrogens with one attached hydrogen (secondary N) is 1. The van der Waals surface area contributed by atoms with Crippen LogP contribution in [0.15, 0.2) is 15.8 Å². The molecule has 0 unspecified atom stereocenters. The van der Waals surface area contributed by atoms with E-state index in [2.05, 4.69) is 20.0 Å². The molecule has 0 aromatic carbocycles. The second kappa shape index (κ2) is 3.11. The van der Waals surface area contributed by atoms with E-state index in [1.54, 1.807) is 12.1 Å². The Morgan fingerprint density at radius 2 is 1.40 bits per heavy atom. The van der Waals surface area contributed by atoms with Gasteiger partial charge in [0.05, 0.1) is 0 Å². The number of nitriles is 2. The van der Waals surface area contributed by atoms with Gasteiger partial charge in [0.2, 0.25) is 16.8 Å². The van der Waals surface area contributed by atoms with E-state index in [1.807, 2.05) is 5.87 Å². The lowest BCUT2D eigenvalue weighted by molar-refractivity contribution is 0.998. The van der Waals surface area contributed by atoms with Gasteiger partial charge in [-0.15, -0.1) is 0 Å². The fourth-order valence-electron chi connectivity index (χ4n) is 1.01. The van der Waals surface area contributed by atoms with Crippen LogP contribution in [0.2, 0.25) is 0 Å². The SMILES string of the molecule is N#Cc1nc2c(nc1C#N)=NC(=C=N)N=2. The zero-order valence-corrected chi connectivity index (χ0v) is 7.18. The molecule has 1 aromatic rings. The van der Waals surface area contributed by atoms with Crippen molar-refractivity contribution in [2.24, 2.45) is 9.98 Å². The van der Waals surface area contributed by atoms with Crippen LogP contribution in [-0.4, -0.2) is 15.8 Å². The first kappa shape index (κ1) is 8.70. The molecular formula is C8HN7. The van der Waals surface area contributed by atoms with Gasteiger partial charge in [0, 0.05) is 5.87 Å².